The lowest BCUT2D eigenvalue weighted by Crippen LogP contribution is -1.91. The molecule has 0 bridgehead atoms. The maximum absolute atomic E-state index is 4.41. The first-order chi connectivity index (χ1) is 6.13. The molecule has 0 N–H and O–H groups in total. The smallest absolute Gasteiger partial charge is 0.177 e. The fourth-order valence-electron chi connectivity index (χ4n) is 0.988. The third-order valence-electron chi connectivity index (χ3n) is 1.68. The summed E-state index contributed by atoms with van der Waals surface area (Å²) in [5, 5.41) is 0.672. The second kappa shape index (κ2) is 5.05. The zero-order valence-electron chi connectivity index (χ0n) is 8.25. The molecule has 13 heavy (non-hydrogen) atoms. The van der Waals surface area contributed by atoms with E-state index in [2.05, 4.69) is 52.4 Å². The molecular formula is C9H15BrN2S. The fourth-order valence-corrected chi connectivity index (χ4v) is 2.21. The summed E-state index contributed by atoms with van der Waals surface area (Å²) >= 11 is 5.35. The lowest BCUT2D eigenvalue weighted by atomic mass is 10.5. The van der Waals surface area contributed by atoms with E-state index in [1.807, 2.05) is 11.8 Å². The first kappa shape index (κ1) is 11.1. The summed E-state index contributed by atoms with van der Waals surface area (Å²) in [6, 6.07) is 0. The van der Waals surface area contributed by atoms with E-state index < -0.39 is 0 Å². The van der Waals surface area contributed by atoms with Crippen LogP contribution in [0.2, 0.25) is 0 Å². The second-order valence-electron chi connectivity index (χ2n) is 3.15. The fraction of sp³-hybridized carbons (Fsp3) is 0.667. The number of hydrogen-bond donors (Lipinski definition) is 0. The Morgan fingerprint density at radius 3 is 2.77 bits per heavy atom. The van der Waals surface area contributed by atoms with Crippen LogP contribution in [-0.2, 0) is 12.3 Å². The molecule has 0 aliphatic heterocycles. The van der Waals surface area contributed by atoms with Gasteiger partial charge < -0.3 is 4.57 Å². The zero-order valence-corrected chi connectivity index (χ0v) is 10.7. The van der Waals surface area contributed by atoms with Gasteiger partial charge in [-0.1, -0.05) is 13.8 Å². The lowest BCUT2D eigenvalue weighted by molar-refractivity contribution is 0.741. The van der Waals surface area contributed by atoms with E-state index in [1.165, 1.54) is 0 Å². The van der Waals surface area contributed by atoms with Gasteiger partial charge in [0, 0.05) is 18.5 Å². The molecule has 74 valence electrons. The van der Waals surface area contributed by atoms with Crippen LogP contribution in [0, 0.1) is 0 Å². The van der Waals surface area contributed by atoms with Crippen LogP contribution in [0.1, 0.15) is 26.5 Å². The Morgan fingerprint density at radius 2 is 2.31 bits per heavy atom. The minimum absolute atomic E-state index is 0.672. The monoisotopic (exact) mass is 262 g/mol. The van der Waals surface area contributed by atoms with Gasteiger partial charge in [0.05, 0.1) is 5.69 Å². The number of imidazole rings is 1. The number of aryl methyl sites for hydroxylation is 1. The van der Waals surface area contributed by atoms with Crippen LogP contribution in [0.15, 0.2) is 10.9 Å². The highest BCUT2D eigenvalue weighted by Crippen LogP contribution is 2.18. The Hall–Kier alpha value is 0.0400. The molecule has 1 aromatic rings. The Kier molecular flexibility index (Phi) is 4.32. The van der Waals surface area contributed by atoms with Gasteiger partial charge in [-0.25, -0.2) is 4.98 Å². The molecule has 0 spiro atoms. The summed E-state index contributed by atoms with van der Waals surface area (Å²) in [4.78, 5) is 4.41. The Bertz CT molecular complexity index is 271. The molecule has 1 aromatic heterocycles. The summed E-state index contributed by atoms with van der Waals surface area (Å²) in [5.41, 5.74) is 1.16. The van der Waals surface area contributed by atoms with Crippen molar-refractivity contribution >= 4 is 27.7 Å². The predicted molar refractivity (Wildman–Crippen MR) is 62.0 cm³/mol. The molecule has 0 aromatic carbocycles. The van der Waals surface area contributed by atoms with Crippen molar-refractivity contribution < 1.29 is 0 Å². The Balaban J connectivity index is 2.57. The predicted octanol–water partition coefficient (Wildman–Crippen LogP) is 3.31. The molecule has 0 aliphatic rings. The lowest BCUT2D eigenvalue weighted by Gasteiger charge is -2.00. The number of thioether (sulfide) groups is 1. The van der Waals surface area contributed by atoms with Gasteiger partial charge in [-0.05, 0) is 28.1 Å². The van der Waals surface area contributed by atoms with Crippen molar-refractivity contribution in [2.45, 2.75) is 38.3 Å². The quantitative estimate of drug-likeness (QED) is 0.829. The van der Waals surface area contributed by atoms with Gasteiger partial charge in [0.2, 0.25) is 0 Å². The third-order valence-corrected chi connectivity index (χ3v) is 3.44. The second-order valence-corrected chi connectivity index (χ2v) is 5.42. The maximum atomic E-state index is 4.41. The summed E-state index contributed by atoms with van der Waals surface area (Å²) in [6.07, 6.45) is 2.11. The summed E-state index contributed by atoms with van der Waals surface area (Å²) < 4.78 is 3.05. The Labute approximate surface area is 92.3 Å². The summed E-state index contributed by atoms with van der Waals surface area (Å²) in [5.74, 6) is 1.00. The molecule has 2 nitrogen and oxygen atoms in total. The van der Waals surface area contributed by atoms with E-state index >= 15 is 0 Å². The van der Waals surface area contributed by atoms with E-state index in [-0.39, 0.29) is 0 Å². The number of rotatable bonds is 4. The SMILES string of the molecule is CCn1cc(CSC(C)C)nc1Br. The van der Waals surface area contributed by atoms with Gasteiger partial charge in [-0.2, -0.15) is 11.8 Å². The number of hydrogen-bond acceptors (Lipinski definition) is 2. The molecule has 0 unspecified atom stereocenters. The molecule has 0 amide bonds. The van der Waals surface area contributed by atoms with Crippen LogP contribution in [-0.4, -0.2) is 14.8 Å². The minimum Gasteiger partial charge on any atom is -0.326 e. The molecule has 0 aliphatic carbocycles. The average Bonchev–Trinajstić information content (AvgIpc) is 2.43. The number of halogens is 1. The molecular weight excluding hydrogens is 248 g/mol. The van der Waals surface area contributed by atoms with Crippen molar-refractivity contribution in [1.82, 2.24) is 9.55 Å². The van der Waals surface area contributed by atoms with Crippen molar-refractivity contribution in [1.29, 1.82) is 0 Å². The van der Waals surface area contributed by atoms with E-state index in [1.54, 1.807) is 0 Å². The van der Waals surface area contributed by atoms with Gasteiger partial charge >= 0.3 is 0 Å². The van der Waals surface area contributed by atoms with Crippen molar-refractivity contribution in [2.75, 3.05) is 0 Å². The summed E-state index contributed by atoms with van der Waals surface area (Å²) in [7, 11) is 0. The first-order valence-corrected chi connectivity index (χ1v) is 6.30. The third kappa shape index (κ3) is 3.35. The molecule has 0 saturated heterocycles. The minimum atomic E-state index is 0.672. The van der Waals surface area contributed by atoms with Crippen LogP contribution in [0.3, 0.4) is 0 Å². The van der Waals surface area contributed by atoms with Gasteiger partial charge in [0.15, 0.2) is 4.73 Å². The largest absolute Gasteiger partial charge is 0.326 e. The molecule has 0 atom stereocenters. The Morgan fingerprint density at radius 1 is 1.62 bits per heavy atom. The standard InChI is InChI=1S/C9H15BrN2S/c1-4-12-5-8(11-9(12)10)6-13-7(2)3/h5,7H,4,6H2,1-3H3. The molecule has 4 heteroatoms. The highest BCUT2D eigenvalue weighted by Gasteiger charge is 2.04. The molecule has 0 saturated carbocycles. The van der Waals surface area contributed by atoms with Crippen LogP contribution in [0.25, 0.3) is 0 Å². The molecule has 0 radical (unpaired) electrons. The molecule has 1 rings (SSSR count). The number of nitrogens with zero attached hydrogens (tertiary/aromatic N) is 2. The van der Waals surface area contributed by atoms with Crippen LogP contribution < -0.4 is 0 Å². The van der Waals surface area contributed by atoms with Crippen molar-refractivity contribution in [3.05, 3.63) is 16.6 Å². The van der Waals surface area contributed by atoms with Gasteiger partial charge in [0.25, 0.3) is 0 Å². The first-order valence-electron chi connectivity index (χ1n) is 4.46. The van der Waals surface area contributed by atoms with Crippen LogP contribution in [0.5, 0.6) is 0 Å². The average molecular weight is 263 g/mol. The maximum Gasteiger partial charge on any atom is 0.177 e. The van der Waals surface area contributed by atoms with Crippen molar-refractivity contribution in [3.63, 3.8) is 0 Å². The van der Waals surface area contributed by atoms with Crippen LogP contribution in [0.4, 0.5) is 0 Å². The van der Waals surface area contributed by atoms with Gasteiger partial charge in [-0.3, -0.25) is 0 Å². The van der Waals surface area contributed by atoms with E-state index in [9.17, 15) is 0 Å². The molecule has 0 fully saturated rings. The van der Waals surface area contributed by atoms with E-state index in [4.69, 9.17) is 0 Å². The summed E-state index contributed by atoms with van der Waals surface area (Å²) in [6.45, 7) is 7.50. The van der Waals surface area contributed by atoms with Gasteiger partial charge in [0.1, 0.15) is 0 Å². The molecule has 1 heterocycles. The zero-order chi connectivity index (χ0) is 9.84. The van der Waals surface area contributed by atoms with Crippen molar-refractivity contribution in [3.8, 4) is 0 Å². The topological polar surface area (TPSA) is 17.8 Å². The van der Waals surface area contributed by atoms with Gasteiger partial charge in [-0.15, -0.1) is 0 Å². The highest BCUT2D eigenvalue weighted by molar-refractivity contribution is 9.10. The van der Waals surface area contributed by atoms with E-state index in [0.29, 0.717) is 5.25 Å². The van der Waals surface area contributed by atoms with E-state index in [0.717, 1.165) is 22.7 Å². The van der Waals surface area contributed by atoms with Crippen molar-refractivity contribution in [2.24, 2.45) is 0 Å². The normalized spacial score (nSPS) is 11.2. The highest BCUT2D eigenvalue weighted by atomic mass is 79.9. The number of aromatic nitrogens is 2. The van der Waals surface area contributed by atoms with Crippen LogP contribution >= 0.6 is 27.7 Å².